The smallest absolute Gasteiger partial charge is 0.240 e. The lowest BCUT2D eigenvalue weighted by Gasteiger charge is -2.16. The van der Waals surface area contributed by atoms with Gasteiger partial charge in [0.05, 0.1) is 0 Å². The molecule has 1 N–H and O–H groups in total. The van der Waals surface area contributed by atoms with Gasteiger partial charge in [-0.15, -0.1) is 0 Å². The van der Waals surface area contributed by atoms with Crippen molar-refractivity contribution >= 4 is 5.91 Å². The number of aryl methyl sites for hydroxylation is 1. The summed E-state index contributed by atoms with van der Waals surface area (Å²) >= 11 is 0. The van der Waals surface area contributed by atoms with Crippen molar-refractivity contribution in [3.05, 3.63) is 47.5 Å². The summed E-state index contributed by atoms with van der Waals surface area (Å²) in [6.45, 7) is 7.05. The Balaban J connectivity index is 1.58. The van der Waals surface area contributed by atoms with Gasteiger partial charge < -0.3 is 14.6 Å². The highest BCUT2D eigenvalue weighted by atomic mass is 16.5. The van der Waals surface area contributed by atoms with Crippen molar-refractivity contribution in [2.24, 2.45) is 0 Å². The molecule has 5 heteroatoms. The van der Waals surface area contributed by atoms with Crippen LogP contribution in [-0.2, 0) is 30.7 Å². The molecule has 23 heavy (non-hydrogen) atoms. The Hall–Kier alpha value is -2.30. The van der Waals surface area contributed by atoms with E-state index in [1.807, 2.05) is 29.8 Å². The van der Waals surface area contributed by atoms with Crippen LogP contribution in [0.3, 0.4) is 0 Å². The molecule has 0 saturated heterocycles. The van der Waals surface area contributed by atoms with E-state index < -0.39 is 0 Å². The van der Waals surface area contributed by atoms with Crippen LogP contribution in [0.15, 0.2) is 30.6 Å². The summed E-state index contributed by atoms with van der Waals surface area (Å²) in [7, 11) is 0. The van der Waals surface area contributed by atoms with Gasteiger partial charge in [-0.1, -0.05) is 19.1 Å². The number of hydrogen-bond donors (Lipinski definition) is 1. The summed E-state index contributed by atoms with van der Waals surface area (Å²) in [6.07, 6.45) is 5.29. The average molecular weight is 313 g/mol. The van der Waals surface area contributed by atoms with Crippen LogP contribution in [0.1, 0.15) is 37.7 Å². The molecule has 0 bridgehead atoms. The van der Waals surface area contributed by atoms with Crippen molar-refractivity contribution in [1.29, 1.82) is 0 Å². The molecule has 1 aromatic heterocycles. The van der Waals surface area contributed by atoms with E-state index in [9.17, 15) is 4.79 Å². The number of amides is 1. The molecule has 1 amide bonds. The molecule has 1 aliphatic rings. The average Bonchev–Trinajstić information content (AvgIpc) is 3.06. The number of ether oxygens (including phenoxy) is 1. The molecule has 0 unspecified atom stereocenters. The molecule has 0 aliphatic carbocycles. The summed E-state index contributed by atoms with van der Waals surface area (Å²) in [5.74, 6) is 1.88. The van der Waals surface area contributed by atoms with Crippen molar-refractivity contribution in [3.8, 4) is 5.75 Å². The topological polar surface area (TPSA) is 56.2 Å². The van der Waals surface area contributed by atoms with Crippen molar-refractivity contribution in [1.82, 2.24) is 14.9 Å². The van der Waals surface area contributed by atoms with Crippen molar-refractivity contribution in [3.63, 3.8) is 0 Å². The maximum atomic E-state index is 12.1. The highest BCUT2D eigenvalue weighted by Gasteiger charge is 2.29. The normalized spacial score (nSPS) is 15.1. The molecular formula is C18H23N3O2. The fraction of sp³-hybridized carbons (Fsp3) is 0.444. The minimum Gasteiger partial charge on any atom is -0.487 e. The van der Waals surface area contributed by atoms with Crippen LogP contribution < -0.4 is 10.1 Å². The number of rotatable bonds is 5. The molecule has 1 aromatic carbocycles. The van der Waals surface area contributed by atoms with Crippen LogP contribution in [0.2, 0.25) is 0 Å². The molecular weight excluding hydrogens is 290 g/mol. The Labute approximate surface area is 136 Å². The third-order valence-corrected chi connectivity index (χ3v) is 4.05. The van der Waals surface area contributed by atoms with Crippen LogP contribution in [0, 0.1) is 0 Å². The Morgan fingerprint density at radius 1 is 1.43 bits per heavy atom. The molecule has 5 nitrogen and oxygen atoms in total. The van der Waals surface area contributed by atoms with Crippen LogP contribution in [0.25, 0.3) is 0 Å². The van der Waals surface area contributed by atoms with Gasteiger partial charge in [0.2, 0.25) is 5.91 Å². The number of carbonyl (C=O) groups excluding carboxylic acids is 1. The molecule has 0 saturated carbocycles. The van der Waals surface area contributed by atoms with Gasteiger partial charge in [-0.2, -0.15) is 0 Å². The van der Waals surface area contributed by atoms with Gasteiger partial charge in [0.25, 0.3) is 0 Å². The van der Waals surface area contributed by atoms with Gasteiger partial charge in [-0.25, -0.2) is 4.98 Å². The summed E-state index contributed by atoms with van der Waals surface area (Å²) in [4.78, 5) is 16.3. The highest BCUT2D eigenvalue weighted by molar-refractivity contribution is 5.75. The predicted octanol–water partition coefficient (Wildman–Crippen LogP) is 2.48. The van der Waals surface area contributed by atoms with Gasteiger partial charge in [-0.3, -0.25) is 4.79 Å². The molecule has 122 valence electrons. The Morgan fingerprint density at radius 3 is 3.04 bits per heavy atom. The van der Waals surface area contributed by atoms with Gasteiger partial charge >= 0.3 is 0 Å². The number of imidazole rings is 1. The molecule has 1 aliphatic heterocycles. The van der Waals surface area contributed by atoms with Gasteiger partial charge in [0.15, 0.2) is 0 Å². The minimum absolute atomic E-state index is 0.00483. The first-order valence-electron chi connectivity index (χ1n) is 8.04. The van der Waals surface area contributed by atoms with Crippen molar-refractivity contribution in [2.75, 3.05) is 0 Å². The molecule has 0 atom stereocenters. The number of nitrogens with zero attached hydrogens (tertiary/aromatic N) is 2. The third-order valence-electron chi connectivity index (χ3n) is 4.05. The van der Waals surface area contributed by atoms with Gasteiger partial charge in [0, 0.05) is 31.8 Å². The van der Waals surface area contributed by atoms with Gasteiger partial charge in [-0.05, 0) is 31.0 Å². The zero-order valence-electron chi connectivity index (χ0n) is 13.9. The largest absolute Gasteiger partial charge is 0.487 e. The molecule has 3 rings (SSSR count). The van der Waals surface area contributed by atoms with E-state index in [-0.39, 0.29) is 11.5 Å². The van der Waals surface area contributed by atoms with Crippen LogP contribution >= 0.6 is 0 Å². The number of benzene rings is 1. The van der Waals surface area contributed by atoms with Crippen LogP contribution in [0.4, 0.5) is 0 Å². The zero-order chi connectivity index (χ0) is 16.4. The Kier molecular flexibility index (Phi) is 4.11. The quantitative estimate of drug-likeness (QED) is 0.922. The Bertz CT molecular complexity index is 719. The maximum Gasteiger partial charge on any atom is 0.240 e. The highest BCUT2D eigenvalue weighted by Crippen LogP contribution is 2.35. The van der Waals surface area contributed by atoms with E-state index in [0.29, 0.717) is 13.1 Å². The molecule has 2 aromatic rings. The fourth-order valence-corrected chi connectivity index (χ4v) is 2.98. The molecule has 0 radical (unpaired) electrons. The lowest BCUT2D eigenvalue weighted by Crippen LogP contribution is -2.27. The molecule has 0 fully saturated rings. The lowest BCUT2D eigenvalue weighted by atomic mass is 10.0. The predicted molar refractivity (Wildman–Crippen MR) is 88.3 cm³/mol. The monoisotopic (exact) mass is 313 g/mol. The number of aromatic nitrogens is 2. The SMILES string of the molecule is CCc1nccn1CC(=O)NCc1ccc2c(c1)CC(C)(C)O2. The van der Waals surface area contributed by atoms with Crippen molar-refractivity contribution < 1.29 is 9.53 Å². The fourth-order valence-electron chi connectivity index (χ4n) is 2.98. The first-order chi connectivity index (χ1) is 11.0. The molecule has 2 heterocycles. The van der Waals surface area contributed by atoms with Crippen LogP contribution in [-0.4, -0.2) is 21.1 Å². The summed E-state index contributed by atoms with van der Waals surface area (Å²) < 4.78 is 7.76. The van der Waals surface area contributed by atoms with Crippen molar-refractivity contribution in [2.45, 2.75) is 52.3 Å². The maximum absolute atomic E-state index is 12.1. The second-order valence-corrected chi connectivity index (χ2v) is 6.58. The first kappa shape index (κ1) is 15.6. The van der Waals surface area contributed by atoms with E-state index in [4.69, 9.17) is 4.74 Å². The Morgan fingerprint density at radius 2 is 2.26 bits per heavy atom. The number of hydrogen-bond acceptors (Lipinski definition) is 3. The van der Waals surface area contributed by atoms with E-state index in [1.54, 1.807) is 6.20 Å². The van der Waals surface area contributed by atoms with E-state index >= 15 is 0 Å². The first-order valence-corrected chi connectivity index (χ1v) is 8.04. The number of fused-ring (bicyclic) bond motifs is 1. The third kappa shape index (κ3) is 3.55. The minimum atomic E-state index is -0.137. The standard InChI is InChI=1S/C18H23N3O2/c1-4-16-19-7-8-21(16)12-17(22)20-11-13-5-6-15-14(9-13)10-18(2,3)23-15/h5-9H,4,10-12H2,1-3H3,(H,20,22). The number of carbonyl (C=O) groups is 1. The zero-order valence-corrected chi connectivity index (χ0v) is 13.9. The van der Waals surface area contributed by atoms with E-state index in [0.717, 1.165) is 30.0 Å². The van der Waals surface area contributed by atoms with E-state index in [2.05, 4.69) is 30.2 Å². The van der Waals surface area contributed by atoms with Gasteiger partial charge in [0.1, 0.15) is 23.7 Å². The second-order valence-electron chi connectivity index (χ2n) is 6.58. The number of nitrogens with one attached hydrogen (secondary N) is 1. The summed E-state index contributed by atoms with van der Waals surface area (Å²) in [5.41, 5.74) is 2.17. The van der Waals surface area contributed by atoms with E-state index in [1.165, 1.54) is 5.56 Å². The molecule has 0 spiro atoms. The second kappa shape index (κ2) is 6.07. The van der Waals surface area contributed by atoms with Crippen LogP contribution in [0.5, 0.6) is 5.75 Å². The lowest BCUT2D eigenvalue weighted by molar-refractivity contribution is -0.121. The summed E-state index contributed by atoms with van der Waals surface area (Å²) in [5, 5.41) is 2.97. The summed E-state index contributed by atoms with van der Waals surface area (Å²) in [6, 6.07) is 6.13.